The fraction of sp³-hybridized carbons (Fsp3) is 0.0769. The first-order valence-electron chi connectivity index (χ1n) is 5.73. The Morgan fingerprint density at radius 3 is 2.25 bits per heavy atom. The highest BCUT2D eigenvalue weighted by molar-refractivity contribution is 7.98. The van der Waals surface area contributed by atoms with E-state index in [1.54, 1.807) is 17.8 Å². The molecule has 2 aromatic carbocycles. The Kier molecular flexibility index (Phi) is 4.22. The summed E-state index contributed by atoms with van der Waals surface area (Å²) < 4.78 is 22.4. The van der Waals surface area contributed by atoms with Crippen LogP contribution >= 0.6 is 11.8 Å². The number of primary sulfonamides is 1. The number of hydrogen-bond acceptors (Lipinski definition) is 5. The molecular weight excluding hydrogens is 294 g/mol. The molecule has 106 valence electrons. The van der Waals surface area contributed by atoms with Crippen molar-refractivity contribution in [3.05, 3.63) is 42.5 Å². The molecule has 0 fully saturated rings. The van der Waals surface area contributed by atoms with Gasteiger partial charge in [0.05, 0.1) is 16.3 Å². The van der Waals surface area contributed by atoms with Crippen molar-refractivity contribution in [2.75, 3.05) is 17.3 Å². The van der Waals surface area contributed by atoms with Crippen LogP contribution < -0.4 is 16.2 Å². The lowest BCUT2D eigenvalue weighted by Crippen LogP contribution is -2.12. The lowest BCUT2D eigenvalue weighted by atomic mass is 10.2. The van der Waals surface area contributed by atoms with Crippen LogP contribution in [0, 0.1) is 0 Å². The molecule has 0 bridgehead atoms. The van der Waals surface area contributed by atoms with Crippen molar-refractivity contribution in [2.24, 2.45) is 5.14 Å². The van der Waals surface area contributed by atoms with Gasteiger partial charge >= 0.3 is 0 Å². The predicted molar refractivity (Wildman–Crippen MR) is 83.7 cm³/mol. The highest BCUT2D eigenvalue weighted by Crippen LogP contribution is 2.26. The molecule has 0 unspecified atom stereocenters. The normalized spacial score (nSPS) is 11.3. The number of hydrogen-bond donors (Lipinski definition) is 3. The summed E-state index contributed by atoms with van der Waals surface area (Å²) >= 11 is 1.66. The summed E-state index contributed by atoms with van der Waals surface area (Å²) in [4.78, 5) is 1.16. The van der Waals surface area contributed by atoms with Crippen molar-refractivity contribution in [2.45, 2.75) is 9.79 Å². The molecule has 0 radical (unpaired) electrons. The van der Waals surface area contributed by atoms with Crippen molar-refractivity contribution in [3.8, 4) is 0 Å². The van der Waals surface area contributed by atoms with Crippen LogP contribution in [0.1, 0.15) is 0 Å². The molecule has 5 nitrogen and oxygen atoms in total. The molecule has 0 aliphatic heterocycles. The van der Waals surface area contributed by atoms with Crippen LogP contribution in [0.4, 0.5) is 17.1 Å². The number of rotatable bonds is 4. The number of nitrogens with two attached hydrogens (primary N) is 2. The first-order chi connectivity index (χ1) is 9.40. The summed E-state index contributed by atoms with van der Waals surface area (Å²) in [6.07, 6.45) is 2.01. The summed E-state index contributed by atoms with van der Waals surface area (Å²) in [5.41, 5.74) is 7.67. The highest BCUT2D eigenvalue weighted by Gasteiger charge is 2.10. The molecule has 5 N–H and O–H groups in total. The summed E-state index contributed by atoms with van der Waals surface area (Å²) in [5, 5.41) is 8.19. The van der Waals surface area contributed by atoms with Gasteiger partial charge in [0.1, 0.15) is 0 Å². The number of sulfonamides is 1. The van der Waals surface area contributed by atoms with Crippen LogP contribution in [0.25, 0.3) is 0 Å². The standard InChI is InChI=1S/C13H15N3O2S2/c1-19-10-4-2-9(3-5-10)16-13-7-6-11(8-12(13)14)20(15,17)18/h2-8,16H,14H2,1H3,(H2,15,17,18). The second-order valence-corrected chi connectivity index (χ2v) is 6.59. The van der Waals surface area contributed by atoms with Gasteiger partial charge in [0.15, 0.2) is 0 Å². The Labute approximate surface area is 122 Å². The van der Waals surface area contributed by atoms with E-state index in [0.717, 1.165) is 10.6 Å². The summed E-state index contributed by atoms with van der Waals surface area (Å²) in [6.45, 7) is 0. The maximum Gasteiger partial charge on any atom is 0.238 e. The fourth-order valence-electron chi connectivity index (χ4n) is 1.66. The largest absolute Gasteiger partial charge is 0.397 e. The van der Waals surface area contributed by atoms with Gasteiger partial charge in [-0.3, -0.25) is 0 Å². The Morgan fingerprint density at radius 2 is 1.75 bits per heavy atom. The SMILES string of the molecule is CSc1ccc(Nc2ccc(S(N)(=O)=O)cc2N)cc1. The van der Waals surface area contributed by atoms with Crippen LogP contribution in [0.5, 0.6) is 0 Å². The van der Waals surface area contributed by atoms with Gasteiger partial charge in [-0.1, -0.05) is 0 Å². The number of anilines is 3. The Balaban J connectivity index is 2.25. The Morgan fingerprint density at radius 1 is 1.10 bits per heavy atom. The number of thioether (sulfide) groups is 1. The molecule has 0 amide bonds. The molecule has 0 saturated heterocycles. The molecule has 2 rings (SSSR count). The molecule has 0 heterocycles. The average Bonchev–Trinajstić information content (AvgIpc) is 2.41. The zero-order valence-corrected chi connectivity index (χ0v) is 12.5. The van der Waals surface area contributed by atoms with Crippen LogP contribution in [-0.4, -0.2) is 14.7 Å². The summed E-state index contributed by atoms with van der Waals surface area (Å²) in [5.74, 6) is 0. The molecule has 0 aromatic heterocycles. The number of nitrogen functional groups attached to an aromatic ring is 1. The Bertz CT molecular complexity index is 713. The van der Waals surface area contributed by atoms with Crippen molar-refractivity contribution in [1.29, 1.82) is 0 Å². The molecule has 0 atom stereocenters. The van der Waals surface area contributed by atoms with Gasteiger partial charge in [-0.25, -0.2) is 13.6 Å². The zero-order chi connectivity index (χ0) is 14.8. The van der Waals surface area contributed by atoms with Gasteiger partial charge in [-0.15, -0.1) is 11.8 Å². The van der Waals surface area contributed by atoms with Gasteiger partial charge in [0.25, 0.3) is 0 Å². The maximum absolute atomic E-state index is 11.2. The van der Waals surface area contributed by atoms with E-state index >= 15 is 0 Å². The van der Waals surface area contributed by atoms with Gasteiger partial charge in [0, 0.05) is 10.6 Å². The van der Waals surface area contributed by atoms with E-state index in [2.05, 4.69) is 5.32 Å². The summed E-state index contributed by atoms with van der Waals surface area (Å²) in [7, 11) is -3.73. The number of nitrogens with one attached hydrogen (secondary N) is 1. The maximum atomic E-state index is 11.2. The van der Waals surface area contributed by atoms with Crippen molar-refractivity contribution >= 4 is 38.8 Å². The number of benzene rings is 2. The smallest absolute Gasteiger partial charge is 0.238 e. The fourth-order valence-corrected chi connectivity index (χ4v) is 2.62. The second kappa shape index (κ2) is 5.74. The van der Waals surface area contributed by atoms with Crippen LogP contribution in [-0.2, 0) is 10.0 Å². The molecule has 0 aliphatic carbocycles. The Hall–Kier alpha value is -1.70. The first kappa shape index (κ1) is 14.7. The lowest BCUT2D eigenvalue weighted by molar-refractivity contribution is 0.598. The van der Waals surface area contributed by atoms with Crippen LogP contribution in [0.2, 0.25) is 0 Å². The van der Waals surface area contributed by atoms with E-state index in [0.29, 0.717) is 11.4 Å². The minimum Gasteiger partial charge on any atom is -0.397 e. The minimum absolute atomic E-state index is 0.00159. The van der Waals surface area contributed by atoms with E-state index < -0.39 is 10.0 Å². The zero-order valence-electron chi connectivity index (χ0n) is 10.8. The van der Waals surface area contributed by atoms with Crippen LogP contribution in [0.15, 0.2) is 52.3 Å². The first-order valence-corrected chi connectivity index (χ1v) is 8.50. The van der Waals surface area contributed by atoms with Gasteiger partial charge in [-0.2, -0.15) is 0 Å². The van der Waals surface area contributed by atoms with Crippen molar-refractivity contribution in [3.63, 3.8) is 0 Å². The molecule has 0 saturated carbocycles. The van der Waals surface area contributed by atoms with Gasteiger partial charge < -0.3 is 11.1 Å². The average molecular weight is 309 g/mol. The van der Waals surface area contributed by atoms with E-state index in [4.69, 9.17) is 10.9 Å². The lowest BCUT2D eigenvalue weighted by Gasteiger charge is -2.10. The third-order valence-corrected chi connectivity index (χ3v) is 4.38. The third kappa shape index (κ3) is 3.44. The molecule has 0 spiro atoms. The quantitative estimate of drug-likeness (QED) is 0.595. The summed E-state index contributed by atoms with van der Waals surface area (Å²) in [6, 6.07) is 12.2. The molecule has 2 aromatic rings. The highest BCUT2D eigenvalue weighted by atomic mass is 32.2. The third-order valence-electron chi connectivity index (χ3n) is 2.72. The topological polar surface area (TPSA) is 98.2 Å². The minimum atomic E-state index is -3.73. The van der Waals surface area contributed by atoms with E-state index in [1.165, 1.54) is 12.1 Å². The predicted octanol–water partition coefficient (Wildman–Crippen LogP) is 2.38. The van der Waals surface area contributed by atoms with Crippen molar-refractivity contribution in [1.82, 2.24) is 0 Å². The molecule has 0 aliphatic rings. The van der Waals surface area contributed by atoms with E-state index in [1.807, 2.05) is 30.5 Å². The van der Waals surface area contributed by atoms with E-state index in [-0.39, 0.29) is 4.90 Å². The molecule has 7 heteroatoms. The van der Waals surface area contributed by atoms with Crippen LogP contribution in [0.3, 0.4) is 0 Å². The van der Waals surface area contributed by atoms with Gasteiger partial charge in [-0.05, 0) is 48.7 Å². The molecular formula is C13H15N3O2S2. The van der Waals surface area contributed by atoms with E-state index in [9.17, 15) is 8.42 Å². The monoisotopic (exact) mass is 309 g/mol. The van der Waals surface area contributed by atoms with Crippen molar-refractivity contribution < 1.29 is 8.42 Å². The second-order valence-electron chi connectivity index (χ2n) is 4.15. The molecule has 20 heavy (non-hydrogen) atoms. The van der Waals surface area contributed by atoms with Gasteiger partial charge in [0.2, 0.25) is 10.0 Å².